The lowest BCUT2D eigenvalue weighted by Crippen LogP contribution is -2.49. The van der Waals surface area contributed by atoms with Gasteiger partial charge in [0, 0.05) is 10.0 Å². The summed E-state index contributed by atoms with van der Waals surface area (Å²) in [4.78, 5) is 10.6. The zero-order chi connectivity index (χ0) is 9.78. The molecule has 9 nitrogen and oxygen atoms in total. The van der Waals surface area contributed by atoms with Gasteiger partial charge in [-0.2, -0.15) is 0 Å². The molecule has 0 aliphatic carbocycles. The Morgan fingerprint density at radius 3 is 2.58 bits per heavy atom. The van der Waals surface area contributed by atoms with Crippen molar-refractivity contribution in [2.45, 2.75) is 12.0 Å². The number of aliphatic hydroxyl groups is 3. The molecule has 0 saturated carbocycles. The average molecular weight is 178 g/mol. The van der Waals surface area contributed by atoms with Crippen LogP contribution < -0.4 is 0 Å². The van der Waals surface area contributed by atoms with E-state index in [9.17, 15) is 10.1 Å². The molecule has 0 heterocycles. The van der Waals surface area contributed by atoms with Gasteiger partial charge in [-0.15, -0.1) is 0 Å². The summed E-state index contributed by atoms with van der Waals surface area (Å²) < 4.78 is 0. The van der Waals surface area contributed by atoms with Gasteiger partial charge in [-0.1, -0.05) is 0 Å². The van der Waals surface area contributed by atoms with Gasteiger partial charge in [0.2, 0.25) is 0 Å². The maximum atomic E-state index is 10.0. The molecule has 0 rings (SSSR count). The molecular formula is C3H6N4O5. The minimum absolute atomic E-state index is 1.09. The lowest BCUT2D eigenvalue weighted by Gasteiger charge is -2.16. The summed E-state index contributed by atoms with van der Waals surface area (Å²) >= 11 is 0. The molecule has 2 atom stereocenters. The standard InChI is InChI=1S/C3H6N4O5/c4-6-5-3(10,7(11)12)2(9)1-8/h2,8-10H,1H2. The van der Waals surface area contributed by atoms with Crippen LogP contribution in [0, 0.1) is 10.1 Å². The molecule has 68 valence electrons. The monoisotopic (exact) mass is 178 g/mol. The maximum absolute atomic E-state index is 10.0. The van der Waals surface area contributed by atoms with Gasteiger partial charge in [-0.25, -0.2) is 0 Å². The van der Waals surface area contributed by atoms with Crippen molar-refractivity contribution in [3.05, 3.63) is 20.6 Å². The first-order valence-corrected chi connectivity index (χ1v) is 2.71. The molecule has 0 bridgehead atoms. The van der Waals surface area contributed by atoms with Crippen LogP contribution in [0.2, 0.25) is 0 Å². The summed E-state index contributed by atoms with van der Waals surface area (Å²) in [5, 5.41) is 38.1. The van der Waals surface area contributed by atoms with Crippen LogP contribution in [0.3, 0.4) is 0 Å². The van der Waals surface area contributed by atoms with Gasteiger partial charge in [-0.3, -0.25) is 10.1 Å². The number of azide groups is 1. The molecule has 0 aromatic rings. The summed E-state index contributed by atoms with van der Waals surface area (Å²) in [6, 6.07) is 0. The Hall–Kier alpha value is -1.41. The van der Waals surface area contributed by atoms with Gasteiger partial charge < -0.3 is 15.3 Å². The first-order valence-electron chi connectivity index (χ1n) is 2.71. The third kappa shape index (κ3) is 1.80. The van der Waals surface area contributed by atoms with Crippen molar-refractivity contribution in [3.63, 3.8) is 0 Å². The first kappa shape index (κ1) is 10.6. The van der Waals surface area contributed by atoms with E-state index in [0.29, 0.717) is 0 Å². The number of aliphatic hydroxyl groups excluding tert-OH is 2. The molecule has 2 unspecified atom stereocenters. The highest BCUT2D eigenvalue weighted by molar-refractivity contribution is 4.72. The van der Waals surface area contributed by atoms with Crippen LogP contribution in [0.1, 0.15) is 0 Å². The van der Waals surface area contributed by atoms with Gasteiger partial charge in [0.1, 0.15) is 0 Å². The summed E-state index contributed by atoms with van der Waals surface area (Å²) in [5.41, 5.74) is 7.80. The summed E-state index contributed by atoms with van der Waals surface area (Å²) in [6.07, 6.45) is -2.15. The molecule has 12 heavy (non-hydrogen) atoms. The zero-order valence-electron chi connectivity index (χ0n) is 5.73. The normalized spacial score (nSPS) is 17.2. The van der Waals surface area contributed by atoms with Crippen molar-refractivity contribution < 1.29 is 20.2 Å². The van der Waals surface area contributed by atoms with E-state index in [0.717, 1.165) is 0 Å². The second-order valence-corrected chi connectivity index (χ2v) is 1.83. The fourth-order valence-electron chi connectivity index (χ4n) is 0.413. The lowest BCUT2D eigenvalue weighted by molar-refractivity contribution is -0.636. The van der Waals surface area contributed by atoms with Gasteiger partial charge in [0.15, 0.2) is 6.10 Å². The van der Waals surface area contributed by atoms with Crippen LogP contribution in [0.25, 0.3) is 10.4 Å². The molecule has 3 N–H and O–H groups in total. The molecular weight excluding hydrogens is 172 g/mol. The molecule has 0 radical (unpaired) electrons. The highest BCUT2D eigenvalue weighted by atomic mass is 16.7. The van der Waals surface area contributed by atoms with Crippen LogP contribution in [0.4, 0.5) is 0 Å². The highest BCUT2D eigenvalue weighted by Crippen LogP contribution is 2.13. The minimum Gasteiger partial charge on any atom is -0.393 e. The fourth-order valence-corrected chi connectivity index (χ4v) is 0.413. The number of hydrogen-bond acceptors (Lipinski definition) is 6. The summed E-state index contributed by atoms with van der Waals surface area (Å²) in [6.45, 7) is -1.09. The quantitative estimate of drug-likeness (QED) is 0.120. The summed E-state index contributed by atoms with van der Waals surface area (Å²) in [7, 11) is 0. The number of hydrogen-bond donors (Lipinski definition) is 3. The number of nitrogens with zero attached hydrogens (tertiary/aromatic N) is 4. The van der Waals surface area contributed by atoms with Gasteiger partial charge in [0.25, 0.3) is 0 Å². The van der Waals surface area contributed by atoms with Crippen molar-refractivity contribution in [1.82, 2.24) is 0 Å². The third-order valence-corrected chi connectivity index (χ3v) is 1.08. The second-order valence-electron chi connectivity index (χ2n) is 1.83. The SMILES string of the molecule is [N-]=[N+]=NC(O)(C(O)CO)[N+](=O)[O-]. The van der Waals surface area contributed by atoms with Crippen molar-refractivity contribution in [2.75, 3.05) is 6.61 Å². The van der Waals surface area contributed by atoms with E-state index in [-0.39, 0.29) is 0 Å². The van der Waals surface area contributed by atoms with E-state index < -0.39 is 23.5 Å². The van der Waals surface area contributed by atoms with Gasteiger partial charge >= 0.3 is 5.85 Å². The zero-order valence-corrected chi connectivity index (χ0v) is 5.73. The Balaban J connectivity index is 4.85. The molecule has 0 fully saturated rings. The van der Waals surface area contributed by atoms with Gasteiger partial charge in [-0.05, 0) is 5.53 Å². The molecule has 0 amide bonds. The minimum atomic E-state index is -3.20. The highest BCUT2D eigenvalue weighted by Gasteiger charge is 2.47. The van der Waals surface area contributed by atoms with E-state index in [2.05, 4.69) is 5.11 Å². The van der Waals surface area contributed by atoms with Crippen molar-refractivity contribution in [3.8, 4) is 0 Å². The van der Waals surface area contributed by atoms with Crippen molar-refractivity contribution in [1.29, 1.82) is 0 Å². The summed E-state index contributed by atoms with van der Waals surface area (Å²) in [5.74, 6) is -3.20. The maximum Gasteiger partial charge on any atom is 0.433 e. The van der Waals surface area contributed by atoms with Crippen molar-refractivity contribution in [2.24, 2.45) is 5.11 Å². The van der Waals surface area contributed by atoms with E-state index in [1.165, 1.54) is 0 Å². The second kappa shape index (κ2) is 3.83. The number of nitro groups is 1. The fraction of sp³-hybridized carbons (Fsp3) is 1.00. The Kier molecular flexibility index (Phi) is 3.38. The van der Waals surface area contributed by atoms with E-state index >= 15 is 0 Å². The predicted octanol–water partition coefficient (Wildman–Crippen LogP) is -1.43. The van der Waals surface area contributed by atoms with Crippen LogP contribution in [-0.2, 0) is 0 Å². The third-order valence-electron chi connectivity index (χ3n) is 1.08. The largest absolute Gasteiger partial charge is 0.433 e. The molecule has 9 heteroatoms. The first-order chi connectivity index (χ1) is 5.49. The van der Waals surface area contributed by atoms with E-state index in [1.54, 1.807) is 0 Å². The van der Waals surface area contributed by atoms with Crippen LogP contribution >= 0.6 is 0 Å². The molecule has 0 aliphatic heterocycles. The van der Waals surface area contributed by atoms with Crippen LogP contribution in [0.15, 0.2) is 5.11 Å². The predicted molar refractivity (Wildman–Crippen MR) is 34.2 cm³/mol. The average Bonchev–Trinajstić information content (AvgIpc) is 2.03. The number of rotatable bonds is 4. The molecule has 0 aliphatic rings. The van der Waals surface area contributed by atoms with Crippen molar-refractivity contribution >= 4 is 0 Å². The molecule has 0 aromatic carbocycles. The van der Waals surface area contributed by atoms with E-state index in [1.807, 2.05) is 4.91 Å². The lowest BCUT2D eigenvalue weighted by atomic mass is 10.2. The Morgan fingerprint density at radius 1 is 1.83 bits per heavy atom. The van der Waals surface area contributed by atoms with E-state index in [4.69, 9.17) is 20.9 Å². The van der Waals surface area contributed by atoms with Crippen LogP contribution in [0.5, 0.6) is 0 Å². The van der Waals surface area contributed by atoms with Gasteiger partial charge in [0.05, 0.1) is 11.5 Å². The van der Waals surface area contributed by atoms with Crippen LogP contribution in [-0.4, -0.2) is 38.8 Å². The Bertz CT molecular complexity index is 221. The molecule has 0 spiro atoms. The molecule has 0 aromatic heterocycles. The Morgan fingerprint density at radius 2 is 2.33 bits per heavy atom. The Labute approximate surface area is 65.6 Å². The topological polar surface area (TPSA) is 153 Å². The molecule has 0 saturated heterocycles. The smallest absolute Gasteiger partial charge is 0.393 e.